The second kappa shape index (κ2) is 4.77. The van der Waals surface area contributed by atoms with Crippen molar-refractivity contribution in [3.63, 3.8) is 0 Å². The van der Waals surface area contributed by atoms with Crippen molar-refractivity contribution in [2.24, 2.45) is 0 Å². The first-order chi connectivity index (χ1) is 9.64. The Morgan fingerprint density at radius 1 is 0.950 bits per heavy atom. The summed E-state index contributed by atoms with van der Waals surface area (Å²) >= 11 is 0. The van der Waals surface area contributed by atoms with Gasteiger partial charge in [0.15, 0.2) is 0 Å². The van der Waals surface area contributed by atoms with Crippen LogP contribution in [-0.2, 0) is 16.6 Å². The van der Waals surface area contributed by atoms with E-state index in [4.69, 9.17) is 0 Å². The van der Waals surface area contributed by atoms with Crippen molar-refractivity contribution < 1.29 is 13.5 Å². The average molecular weight is 287 g/mol. The Labute approximate surface area is 117 Å². The van der Waals surface area contributed by atoms with Crippen LogP contribution < -0.4 is 0 Å². The van der Waals surface area contributed by atoms with E-state index in [0.29, 0.717) is 11.1 Å². The Balaban J connectivity index is 2.26. The molecule has 0 amide bonds. The van der Waals surface area contributed by atoms with Crippen LogP contribution >= 0.6 is 0 Å². The number of hydrogen-bond donors (Lipinski definition) is 1. The number of hydrogen-bond acceptors (Lipinski definition) is 3. The summed E-state index contributed by atoms with van der Waals surface area (Å²) in [4.78, 5) is 0.243. The zero-order valence-corrected chi connectivity index (χ0v) is 11.4. The molecule has 0 radical (unpaired) electrons. The minimum absolute atomic E-state index is 0.118. The minimum Gasteiger partial charge on any atom is -0.392 e. The maximum Gasteiger partial charge on any atom is 0.268 e. The van der Waals surface area contributed by atoms with Crippen molar-refractivity contribution in [1.82, 2.24) is 3.97 Å². The van der Waals surface area contributed by atoms with Gasteiger partial charge in [-0.2, -0.15) is 0 Å². The third-order valence-electron chi connectivity index (χ3n) is 3.26. The molecule has 20 heavy (non-hydrogen) atoms. The van der Waals surface area contributed by atoms with Crippen molar-refractivity contribution in [3.05, 3.63) is 66.4 Å². The second-order valence-electron chi connectivity index (χ2n) is 4.44. The number of nitrogens with zero attached hydrogens (tertiary/aromatic N) is 1. The van der Waals surface area contributed by atoms with Crippen LogP contribution in [0.15, 0.2) is 65.7 Å². The summed E-state index contributed by atoms with van der Waals surface area (Å²) in [7, 11) is -3.61. The Bertz CT molecular complexity index is 851. The summed E-state index contributed by atoms with van der Waals surface area (Å²) < 4.78 is 26.5. The average Bonchev–Trinajstić information content (AvgIpc) is 2.92. The molecule has 0 unspecified atom stereocenters. The molecular weight excluding hydrogens is 274 g/mol. The maximum atomic E-state index is 12.6. The van der Waals surface area contributed by atoms with Crippen LogP contribution in [0.1, 0.15) is 5.56 Å². The smallest absolute Gasteiger partial charge is 0.268 e. The second-order valence-corrected chi connectivity index (χ2v) is 6.25. The van der Waals surface area contributed by atoms with Gasteiger partial charge in [-0.25, -0.2) is 12.4 Å². The first kappa shape index (κ1) is 12.9. The topological polar surface area (TPSA) is 59.3 Å². The largest absolute Gasteiger partial charge is 0.392 e. The van der Waals surface area contributed by atoms with Crippen LogP contribution in [0.5, 0.6) is 0 Å². The monoisotopic (exact) mass is 287 g/mol. The van der Waals surface area contributed by atoms with Gasteiger partial charge in [0, 0.05) is 11.6 Å². The Morgan fingerprint density at radius 2 is 1.70 bits per heavy atom. The van der Waals surface area contributed by atoms with Crippen LogP contribution in [0.25, 0.3) is 10.9 Å². The standard InChI is InChI=1S/C15H13NO3S/c17-11-12-5-4-8-15-14(12)9-10-16(15)20(18,19)13-6-2-1-3-7-13/h1-10,17H,11H2. The van der Waals surface area contributed by atoms with Crippen LogP contribution in [-0.4, -0.2) is 17.5 Å². The molecule has 0 saturated carbocycles. The molecule has 5 heteroatoms. The number of aliphatic hydroxyl groups excluding tert-OH is 1. The molecule has 2 aromatic carbocycles. The number of aromatic nitrogens is 1. The molecule has 0 spiro atoms. The molecule has 1 aromatic heterocycles. The van der Waals surface area contributed by atoms with Gasteiger partial charge in [-0.3, -0.25) is 0 Å². The molecule has 3 aromatic rings. The van der Waals surface area contributed by atoms with Crippen LogP contribution in [0.4, 0.5) is 0 Å². The number of fused-ring (bicyclic) bond motifs is 1. The van der Waals surface area contributed by atoms with Crippen LogP contribution in [0, 0.1) is 0 Å². The van der Waals surface area contributed by atoms with Crippen molar-refractivity contribution in [3.8, 4) is 0 Å². The molecular formula is C15H13NO3S. The SMILES string of the molecule is O=S(=O)(c1ccccc1)n1ccc2c(CO)cccc21. The van der Waals surface area contributed by atoms with Gasteiger partial charge in [0.1, 0.15) is 0 Å². The number of aliphatic hydroxyl groups is 1. The molecule has 0 aliphatic rings. The number of benzene rings is 2. The third kappa shape index (κ3) is 1.92. The fourth-order valence-electron chi connectivity index (χ4n) is 2.26. The maximum absolute atomic E-state index is 12.6. The van der Waals surface area contributed by atoms with E-state index in [9.17, 15) is 13.5 Å². The summed E-state index contributed by atoms with van der Waals surface area (Å²) in [5.74, 6) is 0. The van der Waals surface area contributed by atoms with E-state index < -0.39 is 10.0 Å². The Hall–Kier alpha value is -2.11. The molecule has 0 aliphatic heterocycles. The summed E-state index contributed by atoms with van der Waals surface area (Å²) in [6, 6.07) is 15.3. The zero-order valence-electron chi connectivity index (χ0n) is 10.6. The lowest BCUT2D eigenvalue weighted by atomic mass is 10.1. The molecule has 1 N–H and O–H groups in total. The van der Waals surface area contributed by atoms with Crippen molar-refractivity contribution in [1.29, 1.82) is 0 Å². The normalized spacial score (nSPS) is 11.8. The molecule has 102 valence electrons. The fourth-order valence-corrected chi connectivity index (χ4v) is 3.63. The lowest BCUT2D eigenvalue weighted by molar-refractivity contribution is 0.283. The van der Waals surface area contributed by atoms with E-state index in [1.807, 2.05) is 0 Å². The first-order valence-corrected chi connectivity index (χ1v) is 7.59. The highest BCUT2D eigenvalue weighted by molar-refractivity contribution is 7.90. The summed E-state index contributed by atoms with van der Waals surface area (Å²) in [5.41, 5.74) is 1.28. The molecule has 0 atom stereocenters. The molecule has 3 rings (SSSR count). The van der Waals surface area contributed by atoms with Gasteiger partial charge in [-0.15, -0.1) is 0 Å². The van der Waals surface area contributed by atoms with E-state index in [1.54, 1.807) is 54.6 Å². The van der Waals surface area contributed by atoms with Gasteiger partial charge >= 0.3 is 0 Å². The third-order valence-corrected chi connectivity index (χ3v) is 4.96. The first-order valence-electron chi connectivity index (χ1n) is 6.15. The van der Waals surface area contributed by atoms with Crippen molar-refractivity contribution in [2.45, 2.75) is 11.5 Å². The molecule has 0 fully saturated rings. The Morgan fingerprint density at radius 3 is 2.40 bits per heavy atom. The van der Waals surface area contributed by atoms with Gasteiger partial charge in [0.25, 0.3) is 10.0 Å². The van der Waals surface area contributed by atoms with E-state index >= 15 is 0 Å². The van der Waals surface area contributed by atoms with Gasteiger partial charge < -0.3 is 5.11 Å². The lowest BCUT2D eigenvalue weighted by Gasteiger charge is -2.08. The highest BCUT2D eigenvalue weighted by Gasteiger charge is 2.18. The predicted octanol–water partition coefficient (Wildman–Crippen LogP) is 2.37. The van der Waals surface area contributed by atoms with Gasteiger partial charge in [0.2, 0.25) is 0 Å². The van der Waals surface area contributed by atoms with E-state index in [1.165, 1.54) is 10.2 Å². The highest BCUT2D eigenvalue weighted by atomic mass is 32.2. The van der Waals surface area contributed by atoms with E-state index in [2.05, 4.69) is 0 Å². The van der Waals surface area contributed by atoms with Gasteiger partial charge in [-0.1, -0.05) is 30.3 Å². The van der Waals surface area contributed by atoms with Gasteiger partial charge in [0.05, 0.1) is 17.0 Å². The summed E-state index contributed by atoms with van der Waals surface area (Å²) in [5, 5.41) is 10.1. The molecule has 0 bridgehead atoms. The Kier molecular flexibility index (Phi) is 3.08. The molecule has 1 heterocycles. The van der Waals surface area contributed by atoms with E-state index in [0.717, 1.165) is 5.39 Å². The summed E-state index contributed by atoms with van der Waals surface area (Å²) in [6.07, 6.45) is 1.52. The van der Waals surface area contributed by atoms with Crippen molar-refractivity contribution >= 4 is 20.9 Å². The van der Waals surface area contributed by atoms with Gasteiger partial charge in [-0.05, 0) is 29.8 Å². The number of rotatable bonds is 3. The predicted molar refractivity (Wildman–Crippen MR) is 76.9 cm³/mol. The minimum atomic E-state index is -3.61. The highest BCUT2D eigenvalue weighted by Crippen LogP contribution is 2.24. The zero-order chi connectivity index (χ0) is 14.2. The quantitative estimate of drug-likeness (QED) is 0.804. The van der Waals surface area contributed by atoms with Crippen LogP contribution in [0.2, 0.25) is 0 Å². The molecule has 4 nitrogen and oxygen atoms in total. The lowest BCUT2D eigenvalue weighted by Crippen LogP contribution is -2.11. The summed E-state index contributed by atoms with van der Waals surface area (Å²) in [6.45, 7) is -0.118. The van der Waals surface area contributed by atoms with Crippen molar-refractivity contribution in [2.75, 3.05) is 0 Å². The van der Waals surface area contributed by atoms with E-state index in [-0.39, 0.29) is 11.5 Å². The van der Waals surface area contributed by atoms with Crippen LogP contribution in [0.3, 0.4) is 0 Å². The fraction of sp³-hybridized carbons (Fsp3) is 0.0667. The molecule has 0 aliphatic carbocycles. The molecule has 0 saturated heterocycles.